The van der Waals surface area contributed by atoms with Gasteiger partial charge in [0.1, 0.15) is 5.82 Å². The number of rotatable bonds is 6. The van der Waals surface area contributed by atoms with Crippen LogP contribution in [0.4, 0.5) is 4.39 Å². The van der Waals surface area contributed by atoms with Crippen LogP contribution in [0.2, 0.25) is 5.02 Å². The summed E-state index contributed by atoms with van der Waals surface area (Å²) >= 11 is 5.65. The molecule has 0 fully saturated rings. The molecule has 1 aromatic rings. The van der Waals surface area contributed by atoms with Crippen molar-refractivity contribution in [2.75, 3.05) is 6.54 Å². The number of nitrogens with one attached hydrogen (secondary N) is 1. The second kappa shape index (κ2) is 7.34. The molecule has 0 saturated heterocycles. The largest absolute Gasteiger partial charge is 0.352 e. The standard InChI is InChI=1S/C13H18ClFN2O/c1-9(7-16)2-5-13(18)17-8-10-3-4-12(15)11(14)6-10/h3-4,6,9H,2,5,7-8,16H2,1H3,(H,17,18). The van der Waals surface area contributed by atoms with Crippen molar-refractivity contribution < 1.29 is 9.18 Å². The summed E-state index contributed by atoms with van der Waals surface area (Å²) in [5, 5.41) is 2.83. The fraction of sp³-hybridized carbons (Fsp3) is 0.462. The van der Waals surface area contributed by atoms with Crippen molar-refractivity contribution in [3.8, 4) is 0 Å². The first-order chi connectivity index (χ1) is 8.52. The number of benzene rings is 1. The minimum atomic E-state index is -0.455. The van der Waals surface area contributed by atoms with Crippen LogP contribution in [0.25, 0.3) is 0 Å². The van der Waals surface area contributed by atoms with Crippen molar-refractivity contribution in [3.05, 3.63) is 34.6 Å². The molecule has 0 saturated carbocycles. The van der Waals surface area contributed by atoms with Crippen molar-refractivity contribution in [1.29, 1.82) is 0 Å². The molecule has 0 spiro atoms. The monoisotopic (exact) mass is 272 g/mol. The molecule has 0 heterocycles. The lowest BCUT2D eigenvalue weighted by Gasteiger charge is -2.09. The SMILES string of the molecule is CC(CN)CCC(=O)NCc1ccc(F)c(Cl)c1. The van der Waals surface area contributed by atoms with Crippen LogP contribution >= 0.6 is 11.6 Å². The van der Waals surface area contributed by atoms with Gasteiger partial charge in [-0.1, -0.05) is 24.6 Å². The molecule has 18 heavy (non-hydrogen) atoms. The lowest BCUT2D eigenvalue weighted by molar-refractivity contribution is -0.121. The average Bonchev–Trinajstić information content (AvgIpc) is 2.37. The van der Waals surface area contributed by atoms with Crippen LogP contribution in [-0.4, -0.2) is 12.5 Å². The van der Waals surface area contributed by atoms with E-state index in [2.05, 4.69) is 5.32 Å². The highest BCUT2D eigenvalue weighted by atomic mass is 35.5. The summed E-state index contributed by atoms with van der Waals surface area (Å²) < 4.78 is 12.9. The fourth-order valence-corrected chi connectivity index (χ4v) is 1.64. The van der Waals surface area contributed by atoms with Gasteiger partial charge < -0.3 is 11.1 Å². The Morgan fingerprint density at radius 2 is 2.28 bits per heavy atom. The normalized spacial score (nSPS) is 12.2. The van der Waals surface area contributed by atoms with E-state index < -0.39 is 5.82 Å². The fourth-order valence-electron chi connectivity index (χ4n) is 1.43. The molecular weight excluding hydrogens is 255 g/mol. The molecule has 3 N–H and O–H groups in total. The third kappa shape index (κ3) is 5.02. The minimum Gasteiger partial charge on any atom is -0.352 e. The van der Waals surface area contributed by atoms with Crippen molar-refractivity contribution in [2.45, 2.75) is 26.3 Å². The maximum atomic E-state index is 12.9. The van der Waals surface area contributed by atoms with E-state index in [-0.39, 0.29) is 10.9 Å². The van der Waals surface area contributed by atoms with Gasteiger partial charge in [0.05, 0.1) is 5.02 Å². The Morgan fingerprint density at radius 3 is 2.89 bits per heavy atom. The van der Waals surface area contributed by atoms with E-state index in [9.17, 15) is 9.18 Å². The Hall–Kier alpha value is -1.13. The molecule has 5 heteroatoms. The van der Waals surface area contributed by atoms with Crippen LogP contribution in [0.1, 0.15) is 25.3 Å². The zero-order valence-electron chi connectivity index (χ0n) is 10.4. The molecular formula is C13H18ClFN2O. The van der Waals surface area contributed by atoms with E-state index in [1.807, 2.05) is 6.92 Å². The summed E-state index contributed by atoms with van der Waals surface area (Å²) in [5.74, 6) is -0.143. The Kier molecular flexibility index (Phi) is 6.09. The summed E-state index contributed by atoms with van der Waals surface area (Å²) in [5.41, 5.74) is 6.25. The molecule has 0 aliphatic carbocycles. The maximum absolute atomic E-state index is 12.9. The van der Waals surface area contributed by atoms with E-state index in [0.717, 1.165) is 12.0 Å². The van der Waals surface area contributed by atoms with E-state index in [0.29, 0.717) is 25.4 Å². The zero-order valence-corrected chi connectivity index (χ0v) is 11.1. The average molecular weight is 273 g/mol. The first-order valence-electron chi connectivity index (χ1n) is 5.93. The lowest BCUT2D eigenvalue weighted by atomic mass is 10.1. The molecule has 1 unspecified atom stereocenters. The number of carbonyl (C=O) groups is 1. The second-order valence-electron chi connectivity index (χ2n) is 4.40. The Morgan fingerprint density at radius 1 is 1.56 bits per heavy atom. The van der Waals surface area contributed by atoms with Gasteiger partial charge in [0.15, 0.2) is 0 Å². The van der Waals surface area contributed by atoms with Crippen LogP contribution < -0.4 is 11.1 Å². The van der Waals surface area contributed by atoms with Gasteiger partial charge in [0, 0.05) is 13.0 Å². The molecule has 0 aliphatic heterocycles. The third-order valence-electron chi connectivity index (χ3n) is 2.74. The number of halogens is 2. The van der Waals surface area contributed by atoms with Gasteiger partial charge in [-0.05, 0) is 36.6 Å². The van der Waals surface area contributed by atoms with Gasteiger partial charge >= 0.3 is 0 Å². The topological polar surface area (TPSA) is 55.1 Å². The van der Waals surface area contributed by atoms with E-state index in [4.69, 9.17) is 17.3 Å². The number of hydrogen-bond donors (Lipinski definition) is 2. The molecule has 100 valence electrons. The molecule has 1 atom stereocenters. The van der Waals surface area contributed by atoms with Crippen LogP contribution in [-0.2, 0) is 11.3 Å². The van der Waals surface area contributed by atoms with E-state index in [1.165, 1.54) is 12.1 Å². The molecule has 0 aromatic heterocycles. The Labute approximate surface area is 112 Å². The molecule has 1 rings (SSSR count). The van der Waals surface area contributed by atoms with Crippen molar-refractivity contribution >= 4 is 17.5 Å². The first-order valence-corrected chi connectivity index (χ1v) is 6.31. The molecule has 0 radical (unpaired) electrons. The summed E-state index contributed by atoms with van der Waals surface area (Å²) in [4.78, 5) is 11.5. The molecule has 1 amide bonds. The smallest absolute Gasteiger partial charge is 0.220 e. The maximum Gasteiger partial charge on any atom is 0.220 e. The molecule has 0 bridgehead atoms. The second-order valence-corrected chi connectivity index (χ2v) is 4.81. The van der Waals surface area contributed by atoms with Gasteiger partial charge in [-0.2, -0.15) is 0 Å². The predicted molar refractivity (Wildman–Crippen MR) is 70.7 cm³/mol. The third-order valence-corrected chi connectivity index (χ3v) is 3.03. The number of hydrogen-bond acceptors (Lipinski definition) is 2. The molecule has 3 nitrogen and oxygen atoms in total. The zero-order chi connectivity index (χ0) is 13.5. The highest BCUT2D eigenvalue weighted by molar-refractivity contribution is 6.30. The van der Waals surface area contributed by atoms with Crippen molar-refractivity contribution in [2.24, 2.45) is 11.7 Å². The van der Waals surface area contributed by atoms with Gasteiger partial charge in [-0.25, -0.2) is 4.39 Å². The van der Waals surface area contributed by atoms with Crippen LogP contribution in [0.5, 0.6) is 0 Å². The van der Waals surface area contributed by atoms with Crippen LogP contribution in [0.3, 0.4) is 0 Å². The highest BCUT2D eigenvalue weighted by Crippen LogP contribution is 2.15. The summed E-state index contributed by atoms with van der Waals surface area (Å²) in [6.45, 7) is 2.95. The Bertz CT molecular complexity index is 412. The first kappa shape index (κ1) is 14.9. The van der Waals surface area contributed by atoms with Gasteiger partial charge in [-0.15, -0.1) is 0 Å². The number of carbonyl (C=O) groups excluding carboxylic acids is 1. The minimum absolute atomic E-state index is 0.0317. The summed E-state index contributed by atoms with van der Waals surface area (Å²) in [6.07, 6.45) is 1.22. The van der Waals surface area contributed by atoms with E-state index in [1.54, 1.807) is 6.07 Å². The van der Waals surface area contributed by atoms with Gasteiger partial charge in [0.2, 0.25) is 5.91 Å². The number of nitrogens with two attached hydrogens (primary N) is 1. The van der Waals surface area contributed by atoms with E-state index >= 15 is 0 Å². The molecule has 0 aliphatic rings. The van der Waals surface area contributed by atoms with Crippen molar-refractivity contribution in [1.82, 2.24) is 5.32 Å². The summed E-state index contributed by atoms with van der Waals surface area (Å²) in [7, 11) is 0. The van der Waals surface area contributed by atoms with Gasteiger partial charge in [-0.3, -0.25) is 4.79 Å². The highest BCUT2D eigenvalue weighted by Gasteiger charge is 2.06. The Balaban J connectivity index is 2.36. The number of amides is 1. The van der Waals surface area contributed by atoms with Crippen LogP contribution in [0, 0.1) is 11.7 Å². The van der Waals surface area contributed by atoms with Crippen molar-refractivity contribution in [3.63, 3.8) is 0 Å². The van der Waals surface area contributed by atoms with Crippen LogP contribution in [0.15, 0.2) is 18.2 Å². The lowest BCUT2D eigenvalue weighted by Crippen LogP contribution is -2.24. The molecule has 1 aromatic carbocycles. The predicted octanol–water partition coefficient (Wildman–Crippen LogP) is 2.47. The quantitative estimate of drug-likeness (QED) is 0.836. The summed E-state index contributed by atoms with van der Waals surface area (Å²) in [6, 6.07) is 4.41. The van der Waals surface area contributed by atoms with Gasteiger partial charge in [0.25, 0.3) is 0 Å².